The first-order chi connectivity index (χ1) is 15.2. The van der Waals surface area contributed by atoms with Crippen LogP contribution in [0.5, 0.6) is 0 Å². The van der Waals surface area contributed by atoms with E-state index in [1.165, 1.54) is 32.1 Å². The van der Waals surface area contributed by atoms with Gasteiger partial charge in [0.1, 0.15) is 5.82 Å². The van der Waals surface area contributed by atoms with E-state index in [0.717, 1.165) is 25.2 Å². The second kappa shape index (κ2) is 10.5. The number of aryl methyl sites for hydroxylation is 1. The number of carboxylic acid groups (broad SMARTS) is 1. The van der Waals surface area contributed by atoms with E-state index in [1.54, 1.807) is 6.20 Å². The standard InChI is InChI=1S/C24H39N5O3/c1-5-29-20(11-15-26-29)25-17-19-27-22(32-28-19)18(16-21(30)31)10-9-14-24(23(2,3)4)12-7-6-8-13-24/h11,15,18,25H,5-10,12-14,16-17H2,1-4H3,(H,30,31)/p-1. The molecule has 0 saturated heterocycles. The summed E-state index contributed by atoms with van der Waals surface area (Å²) < 4.78 is 7.32. The Morgan fingerprint density at radius 2 is 2.06 bits per heavy atom. The van der Waals surface area contributed by atoms with Crippen molar-refractivity contribution in [1.82, 2.24) is 19.9 Å². The van der Waals surface area contributed by atoms with Gasteiger partial charge in [0.2, 0.25) is 5.89 Å². The molecule has 1 N–H and O–H groups in total. The lowest BCUT2D eigenvalue weighted by Gasteiger charge is -2.48. The lowest BCUT2D eigenvalue weighted by molar-refractivity contribution is -0.306. The number of anilines is 1. The number of nitrogens with zero attached hydrogens (tertiary/aromatic N) is 4. The van der Waals surface area contributed by atoms with Crippen molar-refractivity contribution in [3.63, 3.8) is 0 Å². The SMILES string of the molecule is CCn1nccc1NCc1noc(C(CCCC2(C(C)(C)C)CCCCC2)CC(=O)[O-])n1. The number of rotatable bonds is 11. The minimum absolute atomic E-state index is 0.0970. The van der Waals surface area contributed by atoms with Crippen LogP contribution in [0, 0.1) is 10.8 Å². The third-order valence-electron chi connectivity index (χ3n) is 7.30. The molecule has 1 saturated carbocycles. The topological polar surface area (TPSA) is 109 Å². The van der Waals surface area contributed by atoms with Crippen LogP contribution in [0.2, 0.25) is 0 Å². The van der Waals surface area contributed by atoms with E-state index in [0.29, 0.717) is 30.1 Å². The van der Waals surface area contributed by atoms with Gasteiger partial charge in [-0.1, -0.05) is 51.6 Å². The third kappa shape index (κ3) is 5.90. The van der Waals surface area contributed by atoms with Crippen LogP contribution >= 0.6 is 0 Å². The van der Waals surface area contributed by atoms with Crippen LogP contribution in [0.4, 0.5) is 5.82 Å². The van der Waals surface area contributed by atoms with Crippen molar-refractivity contribution in [3.8, 4) is 0 Å². The molecule has 0 aromatic carbocycles. The van der Waals surface area contributed by atoms with Gasteiger partial charge < -0.3 is 19.7 Å². The van der Waals surface area contributed by atoms with E-state index >= 15 is 0 Å². The molecule has 3 rings (SSSR count). The van der Waals surface area contributed by atoms with Crippen LogP contribution in [-0.2, 0) is 17.9 Å². The fourth-order valence-electron chi connectivity index (χ4n) is 5.21. The number of hydrogen-bond acceptors (Lipinski definition) is 7. The molecule has 1 unspecified atom stereocenters. The van der Waals surface area contributed by atoms with Gasteiger partial charge in [0.05, 0.1) is 12.7 Å². The Bertz CT molecular complexity index is 861. The summed E-state index contributed by atoms with van der Waals surface area (Å²) >= 11 is 0. The van der Waals surface area contributed by atoms with Gasteiger partial charge in [-0.2, -0.15) is 10.1 Å². The Kier molecular flexibility index (Phi) is 7.96. The van der Waals surface area contributed by atoms with Crippen molar-refractivity contribution in [2.45, 2.75) is 104 Å². The van der Waals surface area contributed by atoms with Crippen molar-refractivity contribution in [3.05, 3.63) is 24.0 Å². The Labute approximate surface area is 191 Å². The lowest BCUT2D eigenvalue weighted by atomic mass is 9.57. The zero-order chi connectivity index (χ0) is 23.2. The fraction of sp³-hybridized carbons (Fsp3) is 0.750. The van der Waals surface area contributed by atoms with Crippen molar-refractivity contribution in [1.29, 1.82) is 0 Å². The molecule has 8 heteroatoms. The van der Waals surface area contributed by atoms with E-state index in [2.05, 4.69) is 41.3 Å². The van der Waals surface area contributed by atoms with Crippen molar-refractivity contribution in [2.75, 3.05) is 5.32 Å². The normalized spacial score (nSPS) is 17.2. The zero-order valence-electron chi connectivity index (χ0n) is 20.0. The molecule has 1 atom stereocenters. The van der Waals surface area contributed by atoms with Crippen LogP contribution in [0.1, 0.15) is 103 Å². The van der Waals surface area contributed by atoms with Gasteiger partial charge in [-0.25, -0.2) is 0 Å². The number of carbonyl (C=O) groups is 1. The molecule has 8 nitrogen and oxygen atoms in total. The van der Waals surface area contributed by atoms with Gasteiger partial charge in [-0.3, -0.25) is 4.68 Å². The highest BCUT2D eigenvalue weighted by molar-refractivity contribution is 5.65. The van der Waals surface area contributed by atoms with E-state index < -0.39 is 5.97 Å². The van der Waals surface area contributed by atoms with Crippen molar-refractivity contribution in [2.24, 2.45) is 10.8 Å². The summed E-state index contributed by atoms with van der Waals surface area (Å²) in [5, 5.41) is 22.9. The molecule has 0 spiro atoms. The lowest BCUT2D eigenvalue weighted by Crippen LogP contribution is -2.37. The number of carboxylic acids is 1. The Balaban J connectivity index is 1.62. The first kappa shape index (κ1) is 24.3. The fourth-order valence-corrected chi connectivity index (χ4v) is 5.21. The predicted molar refractivity (Wildman–Crippen MR) is 121 cm³/mol. The summed E-state index contributed by atoms with van der Waals surface area (Å²) in [6.07, 6.45) is 10.8. The molecule has 2 heterocycles. The average Bonchev–Trinajstić information content (AvgIpc) is 3.40. The van der Waals surface area contributed by atoms with E-state index in [-0.39, 0.29) is 17.8 Å². The molecule has 0 amide bonds. The van der Waals surface area contributed by atoms with Crippen molar-refractivity contribution < 1.29 is 14.4 Å². The van der Waals surface area contributed by atoms with Crippen LogP contribution < -0.4 is 10.4 Å². The minimum Gasteiger partial charge on any atom is -0.550 e. The highest BCUT2D eigenvalue weighted by Crippen LogP contribution is 2.53. The molecule has 0 aliphatic heterocycles. The summed E-state index contributed by atoms with van der Waals surface area (Å²) in [7, 11) is 0. The van der Waals surface area contributed by atoms with Crippen molar-refractivity contribution >= 4 is 11.8 Å². The van der Waals surface area contributed by atoms with Crippen LogP contribution in [-0.4, -0.2) is 25.9 Å². The molecule has 2 aromatic rings. The maximum atomic E-state index is 11.4. The van der Waals surface area contributed by atoms with Gasteiger partial charge in [0, 0.05) is 24.5 Å². The second-order valence-electron chi connectivity index (χ2n) is 10.2. The molecule has 1 fully saturated rings. The monoisotopic (exact) mass is 444 g/mol. The van der Waals surface area contributed by atoms with Gasteiger partial charge in [-0.05, 0) is 49.9 Å². The Hall–Kier alpha value is -2.38. The summed E-state index contributed by atoms with van der Waals surface area (Å²) in [4.78, 5) is 15.9. The van der Waals surface area contributed by atoms with Gasteiger partial charge in [0.25, 0.3) is 0 Å². The number of carbonyl (C=O) groups excluding carboxylic acids is 1. The third-order valence-corrected chi connectivity index (χ3v) is 7.30. The summed E-state index contributed by atoms with van der Waals surface area (Å²) in [6, 6.07) is 1.89. The molecular formula is C24H38N5O3-. The summed E-state index contributed by atoms with van der Waals surface area (Å²) in [5.41, 5.74) is 0.565. The molecule has 0 radical (unpaired) electrons. The Morgan fingerprint density at radius 3 is 2.72 bits per heavy atom. The maximum Gasteiger partial charge on any atom is 0.230 e. The smallest absolute Gasteiger partial charge is 0.230 e. The average molecular weight is 445 g/mol. The Morgan fingerprint density at radius 1 is 1.31 bits per heavy atom. The number of hydrogen-bond donors (Lipinski definition) is 1. The quantitative estimate of drug-likeness (QED) is 0.550. The largest absolute Gasteiger partial charge is 0.550 e. The van der Waals surface area contributed by atoms with Crippen LogP contribution in [0.3, 0.4) is 0 Å². The van der Waals surface area contributed by atoms with Crippen LogP contribution in [0.25, 0.3) is 0 Å². The van der Waals surface area contributed by atoms with Gasteiger partial charge in [0.15, 0.2) is 5.82 Å². The van der Waals surface area contributed by atoms with Gasteiger partial charge >= 0.3 is 0 Å². The maximum absolute atomic E-state index is 11.4. The number of aromatic nitrogens is 4. The minimum atomic E-state index is -1.08. The second-order valence-corrected chi connectivity index (χ2v) is 10.2. The van der Waals surface area contributed by atoms with E-state index in [1.807, 2.05) is 17.7 Å². The molecule has 32 heavy (non-hydrogen) atoms. The molecule has 1 aliphatic carbocycles. The highest BCUT2D eigenvalue weighted by Gasteiger charge is 2.41. The molecular weight excluding hydrogens is 406 g/mol. The zero-order valence-corrected chi connectivity index (χ0v) is 20.0. The van der Waals surface area contributed by atoms with E-state index in [9.17, 15) is 9.90 Å². The number of aliphatic carboxylic acids is 1. The first-order valence-electron chi connectivity index (χ1n) is 12.0. The summed E-state index contributed by atoms with van der Waals surface area (Å²) in [5.74, 6) is 0.380. The van der Waals surface area contributed by atoms with E-state index in [4.69, 9.17) is 4.52 Å². The predicted octanol–water partition coefficient (Wildman–Crippen LogP) is 4.29. The molecule has 2 aromatic heterocycles. The van der Waals surface area contributed by atoms with Crippen LogP contribution in [0.15, 0.2) is 16.8 Å². The van der Waals surface area contributed by atoms with Gasteiger partial charge in [-0.15, -0.1) is 0 Å². The molecule has 178 valence electrons. The number of nitrogens with one attached hydrogen (secondary N) is 1. The molecule has 1 aliphatic rings. The first-order valence-corrected chi connectivity index (χ1v) is 12.0. The summed E-state index contributed by atoms with van der Waals surface area (Å²) in [6.45, 7) is 10.2. The molecule has 0 bridgehead atoms. The highest BCUT2D eigenvalue weighted by atomic mass is 16.5.